The zero-order valence-corrected chi connectivity index (χ0v) is 11.9. The predicted octanol–water partition coefficient (Wildman–Crippen LogP) is 3.08. The summed E-state index contributed by atoms with van der Waals surface area (Å²) >= 11 is 0. The van der Waals surface area contributed by atoms with Gasteiger partial charge in [-0.25, -0.2) is 0 Å². The Hall–Kier alpha value is -2.62. The van der Waals surface area contributed by atoms with Crippen LogP contribution in [-0.2, 0) is 0 Å². The van der Waals surface area contributed by atoms with Gasteiger partial charge in [0.1, 0.15) is 0 Å². The van der Waals surface area contributed by atoms with Gasteiger partial charge in [-0.3, -0.25) is 9.59 Å². The molecule has 4 nitrogen and oxygen atoms in total. The molecule has 2 rings (SSSR count). The van der Waals surface area contributed by atoms with E-state index in [0.29, 0.717) is 23.4 Å². The van der Waals surface area contributed by atoms with Gasteiger partial charge in [0.05, 0.1) is 11.1 Å². The van der Waals surface area contributed by atoms with Gasteiger partial charge >= 0.3 is 0 Å². The lowest BCUT2D eigenvalue weighted by atomic mass is 10.1. The van der Waals surface area contributed by atoms with Crippen molar-refractivity contribution in [1.82, 2.24) is 5.32 Å². The average Bonchev–Trinajstić information content (AvgIpc) is 2.53. The minimum Gasteiger partial charge on any atom is -0.352 e. The summed E-state index contributed by atoms with van der Waals surface area (Å²) in [5.74, 6) is -0.515. The molecular weight excluding hydrogens is 264 g/mol. The highest BCUT2D eigenvalue weighted by Crippen LogP contribution is 2.13. The maximum atomic E-state index is 12.3. The number of carbonyl (C=O) groups is 2. The molecule has 0 fully saturated rings. The number of nitrogens with one attached hydrogen (secondary N) is 2. The second-order valence-electron chi connectivity index (χ2n) is 4.62. The van der Waals surface area contributed by atoms with Crippen molar-refractivity contribution in [3.05, 3.63) is 65.7 Å². The fraction of sp³-hybridized carbons (Fsp3) is 0.176. The average molecular weight is 282 g/mol. The third-order valence-corrected chi connectivity index (χ3v) is 2.98. The fourth-order valence-corrected chi connectivity index (χ4v) is 1.93. The van der Waals surface area contributed by atoms with E-state index in [2.05, 4.69) is 10.6 Å². The third kappa shape index (κ3) is 3.92. The molecule has 0 aromatic heterocycles. The Labute approximate surface area is 124 Å². The van der Waals surface area contributed by atoms with E-state index in [0.717, 1.165) is 6.42 Å². The first-order valence-corrected chi connectivity index (χ1v) is 6.96. The Kier molecular flexibility index (Phi) is 5.10. The zero-order valence-electron chi connectivity index (χ0n) is 11.9. The highest BCUT2D eigenvalue weighted by atomic mass is 16.2. The van der Waals surface area contributed by atoms with E-state index >= 15 is 0 Å². The molecule has 0 radical (unpaired) electrons. The molecule has 0 aliphatic heterocycles. The van der Waals surface area contributed by atoms with E-state index in [1.807, 2.05) is 25.1 Å². The van der Waals surface area contributed by atoms with E-state index < -0.39 is 0 Å². The number of hydrogen-bond acceptors (Lipinski definition) is 2. The number of amides is 2. The molecule has 2 amide bonds. The van der Waals surface area contributed by atoms with Gasteiger partial charge in [-0.1, -0.05) is 37.3 Å². The molecule has 0 atom stereocenters. The van der Waals surface area contributed by atoms with Gasteiger partial charge < -0.3 is 10.6 Å². The maximum Gasteiger partial charge on any atom is 0.256 e. The van der Waals surface area contributed by atoms with Crippen LogP contribution in [0.4, 0.5) is 5.69 Å². The molecule has 0 heterocycles. The molecular formula is C17H18N2O2. The van der Waals surface area contributed by atoms with Crippen molar-refractivity contribution in [3.63, 3.8) is 0 Å². The van der Waals surface area contributed by atoms with E-state index in [9.17, 15) is 9.59 Å². The summed E-state index contributed by atoms with van der Waals surface area (Å²) in [4.78, 5) is 24.4. The van der Waals surface area contributed by atoms with Crippen molar-refractivity contribution in [2.75, 3.05) is 11.9 Å². The minimum absolute atomic E-state index is 0.226. The van der Waals surface area contributed by atoms with Crippen LogP contribution in [0.3, 0.4) is 0 Å². The van der Waals surface area contributed by atoms with Crippen LogP contribution in [0.5, 0.6) is 0 Å². The summed E-state index contributed by atoms with van der Waals surface area (Å²) in [6.45, 7) is 2.57. The molecule has 2 aromatic carbocycles. The largest absolute Gasteiger partial charge is 0.352 e. The third-order valence-electron chi connectivity index (χ3n) is 2.98. The molecule has 2 N–H and O–H groups in total. The topological polar surface area (TPSA) is 58.2 Å². The second-order valence-corrected chi connectivity index (χ2v) is 4.62. The number of hydrogen-bond donors (Lipinski definition) is 2. The van der Waals surface area contributed by atoms with E-state index in [1.54, 1.807) is 36.4 Å². The van der Waals surface area contributed by atoms with Crippen LogP contribution < -0.4 is 10.6 Å². The van der Waals surface area contributed by atoms with Gasteiger partial charge in [0, 0.05) is 12.2 Å². The predicted molar refractivity (Wildman–Crippen MR) is 83.5 cm³/mol. The lowest BCUT2D eigenvalue weighted by Crippen LogP contribution is -2.27. The van der Waals surface area contributed by atoms with E-state index in [1.165, 1.54) is 0 Å². The lowest BCUT2D eigenvalue weighted by Gasteiger charge is -2.10. The monoisotopic (exact) mass is 282 g/mol. The summed E-state index contributed by atoms with van der Waals surface area (Å²) < 4.78 is 0. The summed E-state index contributed by atoms with van der Waals surface area (Å²) in [5.41, 5.74) is 1.46. The van der Waals surface area contributed by atoms with Gasteiger partial charge in [-0.15, -0.1) is 0 Å². The molecule has 0 saturated carbocycles. The van der Waals surface area contributed by atoms with E-state index in [-0.39, 0.29) is 11.8 Å². The Morgan fingerprint density at radius 2 is 1.43 bits per heavy atom. The highest BCUT2D eigenvalue weighted by molar-refractivity contribution is 6.12. The number of anilines is 1. The molecule has 2 aromatic rings. The van der Waals surface area contributed by atoms with Crippen LogP contribution >= 0.6 is 0 Å². The number of rotatable bonds is 5. The van der Waals surface area contributed by atoms with Crippen molar-refractivity contribution in [2.45, 2.75) is 13.3 Å². The van der Waals surface area contributed by atoms with Crippen molar-refractivity contribution >= 4 is 17.5 Å². The molecule has 0 saturated heterocycles. The van der Waals surface area contributed by atoms with Gasteiger partial charge in [0.25, 0.3) is 11.8 Å². The molecule has 0 aliphatic carbocycles. The standard InChI is InChI=1S/C17H18N2O2/c1-2-12-18-16(20)14-10-6-7-11-15(14)17(21)19-13-8-4-3-5-9-13/h3-11H,2,12H2,1H3,(H,18,20)(H,19,21). The van der Waals surface area contributed by atoms with Crippen LogP contribution in [-0.4, -0.2) is 18.4 Å². The lowest BCUT2D eigenvalue weighted by molar-refractivity contribution is 0.0940. The first-order valence-electron chi connectivity index (χ1n) is 6.96. The second kappa shape index (κ2) is 7.24. The van der Waals surface area contributed by atoms with Gasteiger partial charge in [-0.2, -0.15) is 0 Å². The molecule has 4 heteroatoms. The quantitative estimate of drug-likeness (QED) is 0.885. The summed E-state index contributed by atoms with van der Waals surface area (Å²) in [6, 6.07) is 16.0. The molecule has 0 spiro atoms. The van der Waals surface area contributed by atoms with Gasteiger partial charge in [0.15, 0.2) is 0 Å². The molecule has 21 heavy (non-hydrogen) atoms. The smallest absolute Gasteiger partial charge is 0.256 e. The first kappa shape index (κ1) is 14.8. The van der Waals surface area contributed by atoms with Crippen LogP contribution in [0.15, 0.2) is 54.6 Å². The first-order chi connectivity index (χ1) is 10.2. The number of benzene rings is 2. The fourth-order valence-electron chi connectivity index (χ4n) is 1.93. The van der Waals surface area contributed by atoms with Gasteiger partial charge in [-0.05, 0) is 30.7 Å². The Morgan fingerprint density at radius 1 is 0.857 bits per heavy atom. The Morgan fingerprint density at radius 3 is 2.05 bits per heavy atom. The SMILES string of the molecule is CCCNC(=O)c1ccccc1C(=O)Nc1ccccc1. The van der Waals surface area contributed by atoms with Crippen LogP contribution in [0, 0.1) is 0 Å². The summed E-state index contributed by atoms with van der Waals surface area (Å²) in [7, 11) is 0. The van der Waals surface area contributed by atoms with Crippen molar-refractivity contribution < 1.29 is 9.59 Å². The zero-order chi connectivity index (χ0) is 15.1. The Balaban J connectivity index is 2.19. The molecule has 108 valence electrons. The summed E-state index contributed by atoms with van der Waals surface area (Å²) in [6.07, 6.45) is 0.851. The van der Waals surface area contributed by atoms with Crippen LogP contribution in [0.1, 0.15) is 34.1 Å². The molecule has 0 aliphatic rings. The molecule has 0 bridgehead atoms. The normalized spacial score (nSPS) is 9.95. The van der Waals surface area contributed by atoms with Gasteiger partial charge in [0.2, 0.25) is 0 Å². The van der Waals surface area contributed by atoms with Crippen molar-refractivity contribution in [2.24, 2.45) is 0 Å². The van der Waals surface area contributed by atoms with Crippen LogP contribution in [0.25, 0.3) is 0 Å². The number of carbonyl (C=O) groups excluding carboxylic acids is 2. The minimum atomic E-state index is -0.288. The molecule has 0 unspecified atom stereocenters. The van der Waals surface area contributed by atoms with Crippen molar-refractivity contribution in [1.29, 1.82) is 0 Å². The number of para-hydroxylation sites is 1. The maximum absolute atomic E-state index is 12.3. The Bertz CT molecular complexity index is 624. The highest BCUT2D eigenvalue weighted by Gasteiger charge is 2.16. The van der Waals surface area contributed by atoms with Crippen molar-refractivity contribution in [3.8, 4) is 0 Å². The summed E-state index contributed by atoms with van der Waals surface area (Å²) in [5, 5.41) is 5.58. The van der Waals surface area contributed by atoms with E-state index in [4.69, 9.17) is 0 Å². The van der Waals surface area contributed by atoms with Crippen LogP contribution in [0.2, 0.25) is 0 Å².